The van der Waals surface area contributed by atoms with Crippen LogP contribution < -0.4 is 15.0 Å². The summed E-state index contributed by atoms with van der Waals surface area (Å²) >= 11 is 6.06. The molecule has 0 aliphatic carbocycles. The maximum Gasteiger partial charge on any atom is 0.337 e. The molecule has 1 saturated heterocycles. The fourth-order valence-electron chi connectivity index (χ4n) is 3.39. The first-order chi connectivity index (χ1) is 14.4. The van der Waals surface area contributed by atoms with Gasteiger partial charge in [0.15, 0.2) is 0 Å². The molecule has 3 rings (SSSR count). The van der Waals surface area contributed by atoms with E-state index < -0.39 is 5.92 Å². The Hall–Kier alpha value is -3.06. The lowest BCUT2D eigenvalue weighted by atomic mass is 10.1. The SMILES string of the molecule is COC(=O)c1ccc(CCNC(=O)C2CC(=O)N(c3cc(Cl)ccc3OC)C2)cc1. The van der Waals surface area contributed by atoms with Crippen LogP contribution in [-0.2, 0) is 20.7 Å². The molecule has 0 saturated carbocycles. The second-order valence-corrected chi connectivity index (χ2v) is 7.39. The third kappa shape index (κ3) is 4.91. The van der Waals surface area contributed by atoms with E-state index in [1.165, 1.54) is 14.2 Å². The van der Waals surface area contributed by atoms with Crippen LogP contribution in [0.4, 0.5) is 5.69 Å². The molecule has 1 aliphatic rings. The molecule has 2 amide bonds. The topological polar surface area (TPSA) is 84.9 Å². The average Bonchev–Trinajstić information content (AvgIpc) is 3.15. The van der Waals surface area contributed by atoms with Crippen molar-refractivity contribution in [3.05, 3.63) is 58.6 Å². The molecule has 0 aromatic heterocycles. The monoisotopic (exact) mass is 430 g/mol. The number of carbonyl (C=O) groups excluding carboxylic acids is 3. The van der Waals surface area contributed by atoms with E-state index in [1.54, 1.807) is 35.2 Å². The quantitative estimate of drug-likeness (QED) is 0.683. The Kier molecular flexibility index (Phi) is 6.95. The van der Waals surface area contributed by atoms with Gasteiger partial charge in [0.25, 0.3) is 0 Å². The fraction of sp³-hybridized carbons (Fsp3) is 0.318. The number of nitrogens with one attached hydrogen (secondary N) is 1. The molecule has 2 aromatic carbocycles. The van der Waals surface area contributed by atoms with Gasteiger partial charge in [0.1, 0.15) is 5.75 Å². The van der Waals surface area contributed by atoms with Gasteiger partial charge < -0.3 is 19.7 Å². The highest BCUT2D eigenvalue weighted by Gasteiger charge is 2.36. The first-order valence-corrected chi connectivity index (χ1v) is 9.89. The predicted molar refractivity (Wildman–Crippen MR) is 113 cm³/mol. The smallest absolute Gasteiger partial charge is 0.337 e. The lowest BCUT2D eigenvalue weighted by molar-refractivity contribution is -0.126. The molecule has 0 bridgehead atoms. The van der Waals surface area contributed by atoms with Gasteiger partial charge >= 0.3 is 5.97 Å². The van der Waals surface area contributed by atoms with Gasteiger partial charge in [0.05, 0.1) is 31.4 Å². The highest BCUT2D eigenvalue weighted by Crippen LogP contribution is 2.35. The molecule has 1 unspecified atom stereocenters. The minimum atomic E-state index is -0.442. The van der Waals surface area contributed by atoms with Crippen molar-refractivity contribution in [2.75, 3.05) is 32.2 Å². The van der Waals surface area contributed by atoms with Crippen molar-refractivity contribution < 1.29 is 23.9 Å². The lowest BCUT2D eigenvalue weighted by Gasteiger charge is -2.20. The minimum Gasteiger partial charge on any atom is -0.495 e. The summed E-state index contributed by atoms with van der Waals surface area (Å²) in [5, 5.41) is 3.38. The predicted octanol–water partition coefficient (Wildman–Crippen LogP) is 2.85. The molecule has 1 fully saturated rings. The minimum absolute atomic E-state index is 0.134. The summed E-state index contributed by atoms with van der Waals surface area (Å²) in [6.07, 6.45) is 0.745. The summed E-state index contributed by atoms with van der Waals surface area (Å²) in [7, 11) is 2.86. The van der Waals surface area contributed by atoms with Crippen LogP contribution in [0.2, 0.25) is 5.02 Å². The van der Waals surface area contributed by atoms with Crippen LogP contribution in [0.1, 0.15) is 22.3 Å². The van der Waals surface area contributed by atoms with Gasteiger partial charge in [-0.15, -0.1) is 0 Å². The van der Waals surface area contributed by atoms with E-state index in [9.17, 15) is 14.4 Å². The second-order valence-electron chi connectivity index (χ2n) is 6.95. The summed E-state index contributed by atoms with van der Waals surface area (Å²) in [5.74, 6) is -0.610. The first kappa shape index (κ1) is 21.6. The van der Waals surface area contributed by atoms with Gasteiger partial charge in [0.2, 0.25) is 11.8 Å². The Morgan fingerprint density at radius 1 is 1.17 bits per heavy atom. The zero-order chi connectivity index (χ0) is 21.7. The van der Waals surface area contributed by atoms with Crippen molar-refractivity contribution in [2.45, 2.75) is 12.8 Å². The summed E-state index contributed by atoms with van der Waals surface area (Å²) in [5.41, 5.74) is 2.03. The van der Waals surface area contributed by atoms with E-state index in [-0.39, 0.29) is 30.7 Å². The van der Waals surface area contributed by atoms with Gasteiger partial charge in [-0.25, -0.2) is 4.79 Å². The molecule has 8 heteroatoms. The van der Waals surface area contributed by atoms with E-state index >= 15 is 0 Å². The second kappa shape index (κ2) is 9.63. The number of nitrogens with zero attached hydrogens (tertiary/aromatic N) is 1. The molecule has 1 aliphatic heterocycles. The van der Waals surface area contributed by atoms with E-state index in [0.29, 0.717) is 35.0 Å². The molecule has 158 valence electrons. The Morgan fingerprint density at radius 2 is 1.90 bits per heavy atom. The van der Waals surface area contributed by atoms with Crippen molar-refractivity contribution in [2.24, 2.45) is 5.92 Å². The molecule has 1 N–H and O–H groups in total. The number of methoxy groups -OCH3 is 2. The summed E-state index contributed by atoms with van der Waals surface area (Å²) in [6, 6.07) is 12.1. The fourth-order valence-corrected chi connectivity index (χ4v) is 3.56. The highest BCUT2D eigenvalue weighted by atomic mass is 35.5. The first-order valence-electron chi connectivity index (χ1n) is 9.51. The number of hydrogen-bond donors (Lipinski definition) is 1. The van der Waals surface area contributed by atoms with E-state index in [0.717, 1.165) is 5.56 Å². The van der Waals surface area contributed by atoms with Crippen LogP contribution in [0, 0.1) is 5.92 Å². The average molecular weight is 431 g/mol. The van der Waals surface area contributed by atoms with Crippen molar-refractivity contribution in [3.8, 4) is 5.75 Å². The maximum absolute atomic E-state index is 12.6. The van der Waals surface area contributed by atoms with Gasteiger partial charge in [-0.1, -0.05) is 23.7 Å². The van der Waals surface area contributed by atoms with E-state index in [4.69, 9.17) is 16.3 Å². The summed E-state index contributed by atoms with van der Waals surface area (Å²) in [6.45, 7) is 0.705. The molecule has 0 spiro atoms. The lowest BCUT2D eigenvalue weighted by Crippen LogP contribution is -2.34. The molecule has 1 atom stereocenters. The van der Waals surface area contributed by atoms with Gasteiger partial charge in [-0.05, 0) is 42.3 Å². The normalized spacial score (nSPS) is 15.8. The van der Waals surface area contributed by atoms with E-state index in [1.807, 2.05) is 12.1 Å². The number of esters is 1. The van der Waals surface area contributed by atoms with E-state index in [2.05, 4.69) is 10.1 Å². The third-order valence-electron chi connectivity index (χ3n) is 5.02. The van der Waals surface area contributed by atoms with Gasteiger partial charge in [0, 0.05) is 24.5 Å². The molecule has 30 heavy (non-hydrogen) atoms. The van der Waals surface area contributed by atoms with Crippen LogP contribution in [0.25, 0.3) is 0 Å². The summed E-state index contributed by atoms with van der Waals surface area (Å²) < 4.78 is 9.99. The number of amides is 2. The van der Waals surface area contributed by atoms with Crippen LogP contribution in [-0.4, -0.2) is 45.1 Å². The number of hydrogen-bond acceptors (Lipinski definition) is 5. The van der Waals surface area contributed by atoms with Crippen LogP contribution in [0.5, 0.6) is 5.75 Å². The van der Waals surface area contributed by atoms with Crippen molar-refractivity contribution in [1.29, 1.82) is 0 Å². The maximum atomic E-state index is 12.6. The van der Waals surface area contributed by atoms with Crippen molar-refractivity contribution >= 4 is 35.1 Å². The number of carbonyl (C=O) groups is 3. The number of rotatable bonds is 7. The number of anilines is 1. The molecule has 2 aromatic rings. The van der Waals surface area contributed by atoms with Crippen LogP contribution in [0.3, 0.4) is 0 Å². The summed E-state index contributed by atoms with van der Waals surface area (Å²) in [4.78, 5) is 38.0. The Bertz CT molecular complexity index is 945. The zero-order valence-corrected chi connectivity index (χ0v) is 17.6. The van der Waals surface area contributed by atoms with Crippen LogP contribution in [0.15, 0.2) is 42.5 Å². The Labute approximate surface area is 179 Å². The molecular formula is C22H23ClN2O5. The number of benzene rings is 2. The molecule has 0 radical (unpaired) electrons. The van der Waals surface area contributed by atoms with Gasteiger partial charge in [-0.3, -0.25) is 9.59 Å². The highest BCUT2D eigenvalue weighted by molar-refractivity contribution is 6.31. The molecule has 1 heterocycles. The third-order valence-corrected chi connectivity index (χ3v) is 5.25. The number of ether oxygens (including phenoxy) is 2. The molecule has 7 nitrogen and oxygen atoms in total. The largest absolute Gasteiger partial charge is 0.495 e. The van der Waals surface area contributed by atoms with Crippen molar-refractivity contribution in [1.82, 2.24) is 5.32 Å². The van der Waals surface area contributed by atoms with Gasteiger partial charge in [-0.2, -0.15) is 0 Å². The van der Waals surface area contributed by atoms with Crippen molar-refractivity contribution in [3.63, 3.8) is 0 Å². The molecular weight excluding hydrogens is 408 g/mol. The zero-order valence-electron chi connectivity index (χ0n) is 16.8. The number of halogens is 1. The standard InChI is InChI=1S/C22H23ClN2O5/c1-29-19-8-7-17(23)12-18(19)25-13-16(11-20(25)26)21(27)24-10-9-14-3-5-15(6-4-14)22(28)30-2/h3-8,12,16H,9-11,13H2,1-2H3,(H,24,27). The Balaban J connectivity index is 1.55. The van der Waals surface area contributed by atoms with Crippen LogP contribution >= 0.6 is 11.6 Å². The Morgan fingerprint density at radius 3 is 2.57 bits per heavy atom.